The van der Waals surface area contributed by atoms with Crippen LogP contribution in [0.1, 0.15) is 5.56 Å². The second kappa shape index (κ2) is 6.42. The maximum absolute atomic E-state index is 11.3. The normalized spacial score (nSPS) is 9.76. The molecule has 0 atom stereocenters. The SMILES string of the molecule is Cc1cc(OCC(=O)NCC(N)=S)ccc1Cl. The zero-order valence-corrected chi connectivity index (χ0v) is 10.9. The number of halogens is 1. The lowest BCUT2D eigenvalue weighted by molar-refractivity contribution is -0.122. The number of ether oxygens (including phenoxy) is 1. The Labute approximate surface area is 110 Å². The highest BCUT2D eigenvalue weighted by Crippen LogP contribution is 2.20. The van der Waals surface area contributed by atoms with Crippen LogP contribution in [0.15, 0.2) is 18.2 Å². The zero-order valence-electron chi connectivity index (χ0n) is 9.33. The summed E-state index contributed by atoms with van der Waals surface area (Å²) in [5.74, 6) is 0.322. The molecule has 0 radical (unpaired) electrons. The van der Waals surface area contributed by atoms with E-state index < -0.39 is 0 Å². The van der Waals surface area contributed by atoms with E-state index in [1.807, 2.05) is 6.92 Å². The Morgan fingerprint density at radius 3 is 2.88 bits per heavy atom. The van der Waals surface area contributed by atoms with Crippen LogP contribution in [0.5, 0.6) is 5.75 Å². The van der Waals surface area contributed by atoms with Crippen LogP contribution >= 0.6 is 23.8 Å². The summed E-state index contributed by atoms with van der Waals surface area (Å²) in [7, 11) is 0. The highest BCUT2D eigenvalue weighted by atomic mass is 35.5. The van der Waals surface area contributed by atoms with Crippen LogP contribution in [0.3, 0.4) is 0 Å². The van der Waals surface area contributed by atoms with Gasteiger partial charge in [-0.1, -0.05) is 23.8 Å². The van der Waals surface area contributed by atoms with Crippen molar-refractivity contribution in [2.75, 3.05) is 13.2 Å². The van der Waals surface area contributed by atoms with Gasteiger partial charge >= 0.3 is 0 Å². The van der Waals surface area contributed by atoms with Gasteiger partial charge in [0.25, 0.3) is 5.91 Å². The van der Waals surface area contributed by atoms with Gasteiger partial charge in [-0.3, -0.25) is 4.79 Å². The van der Waals surface area contributed by atoms with Crippen LogP contribution in [0, 0.1) is 6.92 Å². The minimum atomic E-state index is -0.273. The van der Waals surface area contributed by atoms with Crippen molar-refractivity contribution >= 4 is 34.7 Å². The molecule has 0 spiro atoms. The van der Waals surface area contributed by atoms with Crippen molar-refractivity contribution < 1.29 is 9.53 Å². The number of nitrogens with two attached hydrogens (primary N) is 1. The summed E-state index contributed by atoms with van der Waals surface area (Å²) >= 11 is 10.5. The number of amides is 1. The first kappa shape index (κ1) is 13.7. The fourth-order valence-corrected chi connectivity index (χ4v) is 1.28. The van der Waals surface area contributed by atoms with Gasteiger partial charge in [-0.2, -0.15) is 0 Å². The second-order valence-electron chi connectivity index (χ2n) is 3.44. The Kier molecular flexibility index (Phi) is 5.18. The predicted molar refractivity (Wildman–Crippen MR) is 71.5 cm³/mol. The fraction of sp³-hybridized carbons (Fsp3) is 0.273. The number of thiocarbonyl (C=S) groups is 1. The molecule has 1 rings (SSSR count). The van der Waals surface area contributed by atoms with E-state index >= 15 is 0 Å². The number of aryl methyl sites for hydroxylation is 1. The van der Waals surface area contributed by atoms with Crippen molar-refractivity contribution in [2.24, 2.45) is 5.73 Å². The molecule has 0 aromatic heterocycles. The number of carbonyl (C=O) groups is 1. The Hall–Kier alpha value is -1.33. The third-order valence-electron chi connectivity index (χ3n) is 1.96. The largest absolute Gasteiger partial charge is 0.484 e. The zero-order chi connectivity index (χ0) is 12.8. The number of hydrogen-bond donors (Lipinski definition) is 2. The average Bonchev–Trinajstić information content (AvgIpc) is 2.28. The molecule has 0 aliphatic heterocycles. The third kappa shape index (κ3) is 5.01. The number of rotatable bonds is 5. The standard InChI is InChI=1S/C11H13ClN2O2S/c1-7-4-8(2-3-9(7)12)16-6-11(15)14-5-10(13)17/h2-4H,5-6H2,1H3,(H2,13,17)(H,14,15). The van der Waals surface area contributed by atoms with Crippen molar-refractivity contribution in [2.45, 2.75) is 6.92 Å². The average molecular weight is 273 g/mol. The van der Waals surface area contributed by atoms with Gasteiger partial charge in [0.15, 0.2) is 6.61 Å². The highest BCUT2D eigenvalue weighted by molar-refractivity contribution is 7.80. The number of benzene rings is 1. The number of carbonyl (C=O) groups excluding carboxylic acids is 1. The van der Waals surface area contributed by atoms with Gasteiger partial charge in [0.2, 0.25) is 0 Å². The summed E-state index contributed by atoms with van der Waals surface area (Å²) < 4.78 is 5.28. The Morgan fingerprint density at radius 2 is 2.29 bits per heavy atom. The van der Waals surface area contributed by atoms with Crippen LogP contribution < -0.4 is 15.8 Å². The summed E-state index contributed by atoms with van der Waals surface area (Å²) in [6.45, 7) is 1.96. The van der Waals surface area contributed by atoms with Crippen molar-refractivity contribution in [1.29, 1.82) is 0 Å². The van der Waals surface area contributed by atoms with Gasteiger partial charge in [-0.15, -0.1) is 0 Å². The topological polar surface area (TPSA) is 64.3 Å². The van der Waals surface area contributed by atoms with E-state index in [1.54, 1.807) is 18.2 Å². The van der Waals surface area contributed by atoms with Gasteiger partial charge in [-0.25, -0.2) is 0 Å². The van der Waals surface area contributed by atoms with E-state index in [9.17, 15) is 4.79 Å². The van der Waals surface area contributed by atoms with E-state index in [1.165, 1.54) is 0 Å². The summed E-state index contributed by atoms with van der Waals surface area (Å²) in [4.78, 5) is 11.5. The van der Waals surface area contributed by atoms with Gasteiger partial charge in [0, 0.05) is 5.02 Å². The van der Waals surface area contributed by atoms with Crippen molar-refractivity contribution in [3.63, 3.8) is 0 Å². The Balaban J connectivity index is 2.42. The van der Waals surface area contributed by atoms with E-state index in [-0.39, 0.29) is 24.0 Å². The molecule has 0 unspecified atom stereocenters. The van der Waals surface area contributed by atoms with E-state index in [4.69, 9.17) is 22.1 Å². The van der Waals surface area contributed by atoms with Gasteiger partial charge < -0.3 is 15.8 Å². The molecule has 92 valence electrons. The molecule has 0 heterocycles. The maximum atomic E-state index is 11.3. The first-order chi connectivity index (χ1) is 7.99. The molecular weight excluding hydrogens is 260 g/mol. The monoisotopic (exact) mass is 272 g/mol. The highest BCUT2D eigenvalue weighted by Gasteiger charge is 2.03. The summed E-state index contributed by atoms with van der Waals surface area (Å²) in [5.41, 5.74) is 6.14. The summed E-state index contributed by atoms with van der Waals surface area (Å²) in [5, 5.41) is 3.18. The molecule has 1 amide bonds. The lowest BCUT2D eigenvalue weighted by Gasteiger charge is -2.08. The molecule has 0 saturated carbocycles. The molecule has 0 saturated heterocycles. The smallest absolute Gasteiger partial charge is 0.258 e. The second-order valence-corrected chi connectivity index (χ2v) is 4.37. The lowest BCUT2D eigenvalue weighted by atomic mass is 10.2. The number of nitrogens with one attached hydrogen (secondary N) is 1. The first-order valence-electron chi connectivity index (χ1n) is 4.93. The molecule has 1 aromatic rings. The molecule has 4 nitrogen and oxygen atoms in total. The fourth-order valence-electron chi connectivity index (χ4n) is 1.09. The van der Waals surface area contributed by atoms with E-state index in [0.717, 1.165) is 5.56 Å². The lowest BCUT2D eigenvalue weighted by Crippen LogP contribution is -2.35. The van der Waals surface area contributed by atoms with Crippen molar-refractivity contribution in [3.05, 3.63) is 28.8 Å². The molecule has 0 aliphatic carbocycles. The molecule has 0 fully saturated rings. The van der Waals surface area contributed by atoms with Crippen molar-refractivity contribution in [1.82, 2.24) is 5.32 Å². The minimum absolute atomic E-state index is 0.0797. The Morgan fingerprint density at radius 1 is 1.59 bits per heavy atom. The van der Waals surface area contributed by atoms with Crippen LogP contribution in [-0.4, -0.2) is 24.0 Å². The van der Waals surface area contributed by atoms with Gasteiger partial charge in [0.05, 0.1) is 11.5 Å². The molecule has 17 heavy (non-hydrogen) atoms. The van der Waals surface area contributed by atoms with Crippen LogP contribution in [0.2, 0.25) is 5.02 Å². The van der Waals surface area contributed by atoms with E-state index in [0.29, 0.717) is 10.8 Å². The van der Waals surface area contributed by atoms with Gasteiger partial charge in [0.1, 0.15) is 5.75 Å². The quantitative estimate of drug-likeness (QED) is 0.796. The molecule has 0 bridgehead atoms. The molecule has 1 aromatic carbocycles. The minimum Gasteiger partial charge on any atom is -0.484 e. The third-order valence-corrected chi connectivity index (χ3v) is 2.53. The predicted octanol–water partition coefficient (Wildman–Crippen LogP) is 1.43. The first-order valence-corrected chi connectivity index (χ1v) is 5.71. The van der Waals surface area contributed by atoms with Gasteiger partial charge in [-0.05, 0) is 30.7 Å². The molecule has 0 aliphatic rings. The van der Waals surface area contributed by atoms with E-state index in [2.05, 4.69) is 17.5 Å². The van der Waals surface area contributed by atoms with Crippen LogP contribution in [0.25, 0.3) is 0 Å². The van der Waals surface area contributed by atoms with Crippen LogP contribution in [-0.2, 0) is 4.79 Å². The summed E-state index contributed by atoms with van der Waals surface area (Å²) in [6, 6.07) is 5.19. The summed E-state index contributed by atoms with van der Waals surface area (Å²) in [6.07, 6.45) is 0. The molecular formula is C11H13ClN2O2S. The maximum Gasteiger partial charge on any atom is 0.258 e. The van der Waals surface area contributed by atoms with Crippen molar-refractivity contribution in [3.8, 4) is 5.75 Å². The Bertz CT molecular complexity index is 437. The molecule has 3 N–H and O–H groups in total. The number of hydrogen-bond acceptors (Lipinski definition) is 3. The molecule has 6 heteroatoms. The van der Waals surface area contributed by atoms with Crippen LogP contribution in [0.4, 0.5) is 0 Å².